The van der Waals surface area contributed by atoms with Crippen LogP contribution in [-0.4, -0.2) is 34.0 Å². The molecule has 0 fully saturated rings. The van der Waals surface area contributed by atoms with E-state index in [1.807, 2.05) is 13.8 Å². The van der Waals surface area contributed by atoms with E-state index in [0.717, 1.165) is 0 Å². The quantitative estimate of drug-likeness (QED) is 0.622. The number of nitrogens with zero attached hydrogens (tertiary/aromatic N) is 2. The number of amides is 1. The highest BCUT2D eigenvalue weighted by molar-refractivity contribution is 8.15. The fraction of sp³-hybridized carbons (Fsp3) is 0.750. The Kier molecular flexibility index (Phi) is 2.85. The lowest BCUT2D eigenvalue weighted by Crippen LogP contribution is -2.43. The lowest BCUT2D eigenvalue weighted by Gasteiger charge is -2.24. The van der Waals surface area contributed by atoms with Crippen molar-refractivity contribution in [3.8, 4) is 0 Å². The van der Waals surface area contributed by atoms with Crippen molar-refractivity contribution in [1.82, 2.24) is 4.90 Å². The second-order valence-corrected chi connectivity index (χ2v) is 5.15. The number of hydrogen-bond acceptors (Lipinski definition) is 4. The van der Waals surface area contributed by atoms with E-state index in [0.29, 0.717) is 18.3 Å². The number of carboxylic acid groups (broad SMARTS) is 1. The molecule has 1 rings (SSSR count). The Balaban J connectivity index is 2.68. The van der Waals surface area contributed by atoms with E-state index < -0.39 is 6.09 Å². The molecule has 0 bridgehead atoms. The lowest BCUT2D eigenvalue weighted by molar-refractivity contribution is -0.260. The second kappa shape index (κ2) is 3.57. The van der Waals surface area contributed by atoms with E-state index in [9.17, 15) is 9.90 Å². The molecule has 1 heterocycles. The van der Waals surface area contributed by atoms with Gasteiger partial charge < -0.3 is 14.8 Å². The summed E-state index contributed by atoms with van der Waals surface area (Å²) in [5.41, 5.74) is 0. The smallest absolute Gasteiger partial charge is 0.165 e. The molecule has 0 aromatic heterocycles. The predicted molar refractivity (Wildman–Crippen MR) is 51.7 cm³/mol. The van der Waals surface area contributed by atoms with Crippen molar-refractivity contribution in [2.75, 3.05) is 13.1 Å². The SMILES string of the molecule is CCN(C(=O)[O-])C1=NCC(C)(C)S1. The van der Waals surface area contributed by atoms with Crippen LogP contribution in [0.15, 0.2) is 4.99 Å². The maximum Gasteiger partial charge on any atom is 0.165 e. The third-order valence-electron chi connectivity index (χ3n) is 1.73. The first kappa shape index (κ1) is 10.4. The van der Waals surface area contributed by atoms with Crippen molar-refractivity contribution >= 4 is 23.0 Å². The number of aliphatic imine (C=N–C) groups is 1. The van der Waals surface area contributed by atoms with Crippen LogP contribution in [0.3, 0.4) is 0 Å². The molecule has 0 aromatic carbocycles. The molecule has 4 nitrogen and oxygen atoms in total. The zero-order valence-corrected chi connectivity index (χ0v) is 8.85. The summed E-state index contributed by atoms with van der Waals surface area (Å²) in [4.78, 5) is 16.0. The van der Waals surface area contributed by atoms with E-state index in [1.54, 1.807) is 6.92 Å². The minimum Gasteiger partial charge on any atom is -0.530 e. The molecule has 0 spiro atoms. The highest BCUT2D eigenvalue weighted by Gasteiger charge is 2.29. The number of thioether (sulfide) groups is 1. The van der Waals surface area contributed by atoms with Crippen LogP contribution < -0.4 is 5.11 Å². The minimum atomic E-state index is -1.17. The van der Waals surface area contributed by atoms with Gasteiger partial charge in [0.1, 0.15) is 6.09 Å². The summed E-state index contributed by atoms with van der Waals surface area (Å²) in [7, 11) is 0. The van der Waals surface area contributed by atoms with Crippen LogP contribution in [0.2, 0.25) is 0 Å². The Labute approximate surface area is 82.0 Å². The maximum atomic E-state index is 10.6. The Morgan fingerprint density at radius 3 is 2.69 bits per heavy atom. The third kappa shape index (κ3) is 2.37. The van der Waals surface area contributed by atoms with Crippen molar-refractivity contribution in [3.05, 3.63) is 0 Å². The van der Waals surface area contributed by atoms with Crippen LogP contribution in [0.5, 0.6) is 0 Å². The summed E-state index contributed by atoms with van der Waals surface area (Å²) < 4.78 is 0.0121. The molecule has 0 atom stereocenters. The highest BCUT2D eigenvalue weighted by atomic mass is 32.2. The molecule has 0 unspecified atom stereocenters. The molecule has 0 aliphatic carbocycles. The van der Waals surface area contributed by atoms with Crippen LogP contribution in [-0.2, 0) is 0 Å². The monoisotopic (exact) mass is 201 g/mol. The summed E-state index contributed by atoms with van der Waals surface area (Å²) >= 11 is 1.48. The van der Waals surface area contributed by atoms with E-state index >= 15 is 0 Å². The molecular weight excluding hydrogens is 188 g/mol. The largest absolute Gasteiger partial charge is 0.530 e. The van der Waals surface area contributed by atoms with E-state index in [2.05, 4.69) is 4.99 Å². The average Bonchev–Trinajstić information content (AvgIpc) is 2.31. The van der Waals surface area contributed by atoms with Crippen LogP contribution in [0.1, 0.15) is 20.8 Å². The van der Waals surface area contributed by atoms with Crippen LogP contribution in [0.4, 0.5) is 4.79 Å². The predicted octanol–water partition coefficient (Wildman–Crippen LogP) is 0.533. The Morgan fingerprint density at radius 1 is 1.77 bits per heavy atom. The van der Waals surface area contributed by atoms with Crippen molar-refractivity contribution in [3.63, 3.8) is 0 Å². The zero-order valence-electron chi connectivity index (χ0n) is 8.03. The van der Waals surface area contributed by atoms with Crippen LogP contribution in [0.25, 0.3) is 0 Å². The molecule has 0 radical (unpaired) electrons. The first-order valence-electron chi connectivity index (χ1n) is 4.18. The van der Waals surface area contributed by atoms with E-state index in [4.69, 9.17) is 0 Å². The van der Waals surface area contributed by atoms with Gasteiger partial charge in [0, 0.05) is 11.3 Å². The van der Waals surface area contributed by atoms with Gasteiger partial charge in [-0.25, -0.2) is 0 Å². The number of carbonyl (C=O) groups is 1. The van der Waals surface area contributed by atoms with Gasteiger partial charge in [-0.1, -0.05) is 11.8 Å². The van der Waals surface area contributed by atoms with Crippen LogP contribution in [0, 0.1) is 0 Å². The van der Waals surface area contributed by atoms with Gasteiger partial charge in [0.25, 0.3) is 0 Å². The van der Waals surface area contributed by atoms with E-state index in [-0.39, 0.29) is 4.75 Å². The molecule has 1 aliphatic rings. The highest BCUT2D eigenvalue weighted by Crippen LogP contribution is 2.32. The molecule has 74 valence electrons. The van der Waals surface area contributed by atoms with Gasteiger partial charge in [0.05, 0.1) is 6.54 Å². The van der Waals surface area contributed by atoms with Gasteiger partial charge in [-0.15, -0.1) is 0 Å². The minimum absolute atomic E-state index is 0.0121. The Morgan fingerprint density at radius 2 is 2.38 bits per heavy atom. The first-order chi connectivity index (χ1) is 5.96. The molecule has 0 saturated carbocycles. The van der Waals surface area contributed by atoms with Crippen molar-refractivity contribution in [1.29, 1.82) is 0 Å². The number of rotatable bonds is 1. The number of hydrogen-bond donors (Lipinski definition) is 0. The number of amidine groups is 1. The summed E-state index contributed by atoms with van der Waals surface area (Å²) in [6, 6.07) is 0. The molecule has 1 amide bonds. The molecule has 1 aliphatic heterocycles. The van der Waals surface area contributed by atoms with Crippen molar-refractivity contribution in [2.45, 2.75) is 25.5 Å². The summed E-state index contributed by atoms with van der Waals surface area (Å²) in [6.45, 7) is 6.90. The van der Waals surface area contributed by atoms with Crippen LogP contribution >= 0.6 is 11.8 Å². The van der Waals surface area contributed by atoms with E-state index in [1.165, 1.54) is 16.7 Å². The third-order valence-corrected chi connectivity index (χ3v) is 2.94. The molecule has 5 heteroatoms. The Hall–Kier alpha value is -0.710. The van der Waals surface area contributed by atoms with Gasteiger partial charge in [-0.2, -0.15) is 0 Å². The van der Waals surface area contributed by atoms with Gasteiger partial charge in [0.15, 0.2) is 5.17 Å². The summed E-state index contributed by atoms with van der Waals surface area (Å²) in [5, 5.41) is 11.2. The standard InChI is InChI=1S/C8H14N2O2S/c1-4-10(7(11)12)6-9-5-8(2,3)13-6/h4-5H2,1-3H3,(H,11,12)/p-1. The fourth-order valence-electron chi connectivity index (χ4n) is 1.05. The summed E-state index contributed by atoms with van der Waals surface area (Å²) in [6.07, 6.45) is -1.17. The first-order valence-corrected chi connectivity index (χ1v) is 5.00. The topological polar surface area (TPSA) is 55.7 Å². The molecular formula is C8H13N2O2S-. The summed E-state index contributed by atoms with van der Waals surface area (Å²) in [5.74, 6) is 0. The normalized spacial score (nSPS) is 19.8. The fourth-order valence-corrected chi connectivity index (χ4v) is 2.12. The average molecular weight is 201 g/mol. The molecule has 0 aromatic rings. The van der Waals surface area contributed by atoms with Gasteiger partial charge in [-0.05, 0) is 20.8 Å². The zero-order chi connectivity index (χ0) is 10.1. The molecule has 0 N–H and O–H groups in total. The van der Waals surface area contributed by atoms with Crippen molar-refractivity contribution in [2.24, 2.45) is 4.99 Å². The van der Waals surface area contributed by atoms with Gasteiger partial charge in [0.2, 0.25) is 0 Å². The maximum absolute atomic E-state index is 10.6. The Bertz CT molecular complexity index is 251. The molecule has 0 saturated heterocycles. The van der Waals surface area contributed by atoms with Crippen molar-refractivity contribution < 1.29 is 9.90 Å². The second-order valence-electron chi connectivity index (χ2n) is 3.47. The van der Waals surface area contributed by atoms with Gasteiger partial charge in [-0.3, -0.25) is 4.99 Å². The lowest BCUT2D eigenvalue weighted by atomic mass is 10.2. The number of carbonyl (C=O) groups excluding carboxylic acids is 1. The van der Waals surface area contributed by atoms with Gasteiger partial charge >= 0.3 is 0 Å². The molecule has 13 heavy (non-hydrogen) atoms.